The number of benzene rings is 2. The number of aromatic amines is 1. The van der Waals surface area contributed by atoms with Crippen LogP contribution in [0.1, 0.15) is 33.3 Å². The van der Waals surface area contributed by atoms with Crippen molar-refractivity contribution in [2.45, 2.75) is 13.1 Å². The molecule has 178 valence electrons. The van der Waals surface area contributed by atoms with Crippen molar-refractivity contribution in [3.05, 3.63) is 71.3 Å². The molecule has 0 bridgehead atoms. The van der Waals surface area contributed by atoms with Crippen molar-refractivity contribution in [3.63, 3.8) is 0 Å². The van der Waals surface area contributed by atoms with Crippen molar-refractivity contribution in [1.82, 2.24) is 4.98 Å². The molecule has 0 atom stereocenters. The van der Waals surface area contributed by atoms with Crippen LogP contribution in [0, 0.1) is 5.82 Å². The number of hydrogen-bond acceptors (Lipinski definition) is 4. The number of hydrogen-bond donors (Lipinski definition) is 4. The molecule has 3 rings (SSSR count). The van der Waals surface area contributed by atoms with E-state index in [9.17, 15) is 31.9 Å². The van der Waals surface area contributed by atoms with Gasteiger partial charge in [0.2, 0.25) is 0 Å². The van der Waals surface area contributed by atoms with Gasteiger partial charge in [0.15, 0.2) is 0 Å². The van der Waals surface area contributed by atoms with Crippen molar-refractivity contribution in [2.75, 3.05) is 17.2 Å². The standard InChI is InChI=1S/C22H18F4N4O4/c1-2-34-20(32)14-10-28-18(19(27)31)17(14)11-3-6-13(7-4-11)29-21(33)30-16-9-12(22(24,25)26)5-8-15(16)23/h3-10,28H,2H2,1H3,(H2,27,31)(H2,29,30,33). The van der Waals surface area contributed by atoms with Gasteiger partial charge < -0.3 is 26.1 Å². The number of primary amides is 1. The molecule has 0 unspecified atom stereocenters. The molecule has 1 aromatic heterocycles. The van der Waals surface area contributed by atoms with Crippen LogP contribution in [-0.4, -0.2) is 29.5 Å². The Bertz CT molecular complexity index is 1240. The molecule has 0 aliphatic carbocycles. The zero-order chi connectivity index (χ0) is 25.0. The maximum atomic E-state index is 13.8. The number of carbonyl (C=O) groups excluding carboxylic acids is 3. The number of carbonyl (C=O) groups is 3. The fourth-order valence-electron chi connectivity index (χ4n) is 3.09. The highest BCUT2D eigenvalue weighted by Crippen LogP contribution is 2.32. The van der Waals surface area contributed by atoms with Crippen LogP contribution in [0.3, 0.4) is 0 Å². The van der Waals surface area contributed by atoms with E-state index < -0.39 is 41.2 Å². The summed E-state index contributed by atoms with van der Waals surface area (Å²) in [5.74, 6) is -2.53. The summed E-state index contributed by atoms with van der Waals surface area (Å²) < 4.78 is 57.3. The lowest BCUT2D eigenvalue weighted by molar-refractivity contribution is -0.137. The maximum absolute atomic E-state index is 13.8. The van der Waals surface area contributed by atoms with Crippen LogP contribution in [0.2, 0.25) is 0 Å². The second-order valence-electron chi connectivity index (χ2n) is 6.89. The highest BCUT2D eigenvalue weighted by atomic mass is 19.4. The van der Waals surface area contributed by atoms with Gasteiger partial charge in [-0.1, -0.05) is 12.1 Å². The Morgan fingerprint density at radius 3 is 2.32 bits per heavy atom. The van der Waals surface area contributed by atoms with E-state index in [1.54, 1.807) is 6.92 Å². The molecule has 34 heavy (non-hydrogen) atoms. The van der Waals surface area contributed by atoms with Gasteiger partial charge in [-0.15, -0.1) is 0 Å². The topological polar surface area (TPSA) is 126 Å². The number of H-pyrrole nitrogens is 1. The Labute approximate surface area is 190 Å². The highest BCUT2D eigenvalue weighted by Gasteiger charge is 2.31. The lowest BCUT2D eigenvalue weighted by atomic mass is 10.0. The second kappa shape index (κ2) is 9.65. The van der Waals surface area contributed by atoms with Crippen LogP contribution in [0.15, 0.2) is 48.7 Å². The van der Waals surface area contributed by atoms with E-state index in [1.165, 1.54) is 30.5 Å². The van der Waals surface area contributed by atoms with Gasteiger partial charge in [0.05, 0.1) is 23.4 Å². The number of rotatable bonds is 6. The molecule has 0 aliphatic heterocycles. The fraction of sp³-hybridized carbons (Fsp3) is 0.136. The summed E-state index contributed by atoms with van der Waals surface area (Å²) in [5.41, 5.74) is 4.44. The minimum Gasteiger partial charge on any atom is -0.462 e. The number of aromatic nitrogens is 1. The first-order chi connectivity index (χ1) is 16.0. The number of amides is 3. The van der Waals surface area contributed by atoms with E-state index in [2.05, 4.69) is 10.3 Å². The normalized spacial score (nSPS) is 11.1. The van der Waals surface area contributed by atoms with Crippen LogP contribution in [0.4, 0.5) is 33.7 Å². The Hall–Kier alpha value is -4.35. The summed E-state index contributed by atoms with van der Waals surface area (Å²) >= 11 is 0. The average molecular weight is 478 g/mol. The van der Waals surface area contributed by atoms with Gasteiger partial charge in [0.25, 0.3) is 5.91 Å². The third-order valence-electron chi connectivity index (χ3n) is 4.60. The molecule has 2 aromatic carbocycles. The highest BCUT2D eigenvalue weighted by molar-refractivity contribution is 6.07. The van der Waals surface area contributed by atoms with E-state index in [1.807, 2.05) is 5.32 Å². The molecule has 0 aliphatic rings. The SMILES string of the molecule is CCOC(=O)c1c[nH]c(C(N)=O)c1-c1ccc(NC(=O)Nc2cc(C(F)(F)F)ccc2F)cc1. The lowest BCUT2D eigenvalue weighted by Gasteiger charge is -2.12. The number of halogens is 4. The Morgan fingerprint density at radius 2 is 1.74 bits per heavy atom. The van der Waals surface area contributed by atoms with Gasteiger partial charge in [0.1, 0.15) is 11.5 Å². The van der Waals surface area contributed by atoms with Crippen LogP contribution < -0.4 is 16.4 Å². The summed E-state index contributed by atoms with van der Waals surface area (Å²) in [6.07, 6.45) is -3.42. The van der Waals surface area contributed by atoms with Gasteiger partial charge in [0, 0.05) is 17.4 Å². The minimum absolute atomic E-state index is 0.0264. The number of nitrogens with one attached hydrogen (secondary N) is 3. The van der Waals surface area contributed by atoms with Crippen LogP contribution >= 0.6 is 0 Å². The minimum atomic E-state index is -4.71. The van der Waals surface area contributed by atoms with Gasteiger partial charge in [-0.25, -0.2) is 14.0 Å². The molecule has 0 radical (unpaired) electrons. The average Bonchev–Trinajstić information content (AvgIpc) is 3.21. The number of alkyl halides is 3. The zero-order valence-corrected chi connectivity index (χ0v) is 17.5. The van der Waals surface area contributed by atoms with Gasteiger partial charge >= 0.3 is 18.2 Å². The molecule has 3 aromatic rings. The Kier molecular flexibility index (Phi) is 6.89. The predicted octanol–water partition coefficient (Wildman–Crippen LogP) is 4.76. The third kappa shape index (κ3) is 5.34. The molecule has 12 heteroatoms. The molecule has 0 saturated carbocycles. The van der Waals surface area contributed by atoms with E-state index in [-0.39, 0.29) is 29.1 Å². The van der Waals surface area contributed by atoms with E-state index in [4.69, 9.17) is 10.5 Å². The number of nitrogens with two attached hydrogens (primary N) is 1. The van der Waals surface area contributed by atoms with E-state index >= 15 is 0 Å². The van der Waals surface area contributed by atoms with Crippen molar-refractivity contribution >= 4 is 29.3 Å². The molecule has 0 spiro atoms. The smallest absolute Gasteiger partial charge is 0.416 e. The molecular weight excluding hydrogens is 460 g/mol. The van der Waals surface area contributed by atoms with E-state index in [0.717, 1.165) is 0 Å². The Morgan fingerprint density at radius 1 is 1.06 bits per heavy atom. The number of urea groups is 1. The molecular formula is C22H18F4N4O4. The molecule has 5 N–H and O–H groups in total. The fourth-order valence-corrected chi connectivity index (χ4v) is 3.09. The van der Waals surface area contributed by atoms with Gasteiger partial charge in [-0.2, -0.15) is 13.2 Å². The van der Waals surface area contributed by atoms with Crippen LogP contribution in [0.5, 0.6) is 0 Å². The summed E-state index contributed by atoms with van der Waals surface area (Å²) in [6, 6.07) is 6.40. The van der Waals surface area contributed by atoms with E-state index in [0.29, 0.717) is 23.8 Å². The molecule has 1 heterocycles. The largest absolute Gasteiger partial charge is 0.462 e. The lowest BCUT2D eigenvalue weighted by Crippen LogP contribution is -2.20. The Balaban J connectivity index is 1.80. The first kappa shape index (κ1) is 24.3. The van der Waals surface area contributed by atoms with Gasteiger partial charge in [-0.05, 0) is 42.8 Å². The van der Waals surface area contributed by atoms with Crippen LogP contribution in [-0.2, 0) is 10.9 Å². The summed E-state index contributed by atoms with van der Waals surface area (Å²) in [5, 5.41) is 4.38. The summed E-state index contributed by atoms with van der Waals surface area (Å²) in [4.78, 5) is 38.8. The zero-order valence-electron chi connectivity index (χ0n) is 17.5. The number of ether oxygens (including phenoxy) is 1. The maximum Gasteiger partial charge on any atom is 0.416 e. The number of esters is 1. The predicted molar refractivity (Wildman–Crippen MR) is 115 cm³/mol. The first-order valence-corrected chi connectivity index (χ1v) is 9.74. The monoisotopic (exact) mass is 478 g/mol. The first-order valence-electron chi connectivity index (χ1n) is 9.74. The summed E-state index contributed by atoms with van der Waals surface area (Å²) in [7, 11) is 0. The van der Waals surface area contributed by atoms with Crippen LogP contribution in [0.25, 0.3) is 11.1 Å². The molecule has 0 fully saturated rings. The van der Waals surface area contributed by atoms with Crippen molar-refractivity contribution < 1.29 is 36.7 Å². The molecule has 3 amide bonds. The summed E-state index contributed by atoms with van der Waals surface area (Å²) in [6.45, 7) is 1.73. The van der Waals surface area contributed by atoms with Crippen molar-refractivity contribution in [3.8, 4) is 11.1 Å². The second-order valence-corrected chi connectivity index (χ2v) is 6.89. The van der Waals surface area contributed by atoms with Crippen molar-refractivity contribution in [2.24, 2.45) is 5.73 Å². The van der Waals surface area contributed by atoms with Gasteiger partial charge in [-0.3, -0.25) is 4.79 Å². The quantitative estimate of drug-likeness (QED) is 0.301. The van der Waals surface area contributed by atoms with Crippen molar-refractivity contribution in [1.29, 1.82) is 0 Å². The molecule has 8 nitrogen and oxygen atoms in total. The molecule has 0 saturated heterocycles. The number of anilines is 2. The third-order valence-corrected chi connectivity index (χ3v) is 4.60.